The van der Waals surface area contributed by atoms with E-state index in [1.54, 1.807) is 0 Å². The van der Waals surface area contributed by atoms with E-state index in [2.05, 4.69) is 6.79 Å². The minimum Gasteiger partial charge on any atom is -0.744 e. The van der Waals surface area contributed by atoms with Gasteiger partial charge >= 0.3 is 5.75 Å². The molecule has 0 aromatic heterocycles. The standard InChI is InChI=1S/C16H12O5S/c1-20-15-11-5-3-4-6-12(11)16(21-2)14-9-10(22(17,18)19)7-8-13(14)15/h3-9H,1H2,2H3. The fourth-order valence-corrected chi connectivity index (χ4v) is 3.11. The summed E-state index contributed by atoms with van der Waals surface area (Å²) in [7, 11) is -3.06. The summed E-state index contributed by atoms with van der Waals surface area (Å²) in [6.07, 6.45) is 0. The highest BCUT2D eigenvalue weighted by atomic mass is 32.2. The SMILES string of the molecule is C=[O+]c1c2ccccc2c(OC)c2cc(S(=O)(=O)[O-])ccc12. The van der Waals surface area contributed by atoms with Gasteiger partial charge in [-0.1, -0.05) is 18.2 Å². The number of fused-ring (bicyclic) bond motifs is 2. The molecule has 0 N–H and O–H groups in total. The van der Waals surface area contributed by atoms with E-state index in [1.807, 2.05) is 24.3 Å². The lowest BCUT2D eigenvalue weighted by Gasteiger charge is -2.12. The van der Waals surface area contributed by atoms with Crippen LogP contribution in [-0.2, 0) is 14.5 Å². The molecule has 0 heterocycles. The van der Waals surface area contributed by atoms with E-state index in [0.717, 1.165) is 10.8 Å². The van der Waals surface area contributed by atoms with Crippen LogP contribution < -0.4 is 4.74 Å². The summed E-state index contributed by atoms with van der Waals surface area (Å²) >= 11 is 0. The van der Waals surface area contributed by atoms with Crippen LogP contribution in [0.15, 0.2) is 47.4 Å². The molecule has 0 bridgehead atoms. The van der Waals surface area contributed by atoms with Crippen molar-refractivity contribution in [1.29, 1.82) is 0 Å². The van der Waals surface area contributed by atoms with Gasteiger partial charge in [0.15, 0.2) is 0 Å². The van der Waals surface area contributed by atoms with Crippen LogP contribution in [0.1, 0.15) is 0 Å². The van der Waals surface area contributed by atoms with Crippen molar-refractivity contribution >= 4 is 38.5 Å². The molecule has 3 aromatic carbocycles. The van der Waals surface area contributed by atoms with Gasteiger partial charge in [-0.25, -0.2) is 12.8 Å². The van der Waals surface area contributed by atoms with Gasteiger partial charge in [0.05, 0.1) is 22.8 Å². The molecule has 0 fully saturated rings. The molecule has 0 radical (unpaired) electrons. The summed E-state index contributed by atoms with van der Waals surface area (Å²) in [6, 6.07) is 11.4. The maximum atomic E-state index is 11.3. The highest BCUT2D eigenvalue weighted by Crippen LogP contribution is 2.43. The number of hydrogen-bond acceptors (Lipinski definition) is 4. The van der Waals surface area contributed by atoms with Crippen molar-refractivity contribution in [3.63, 3.8) is 0 Å². The Morgan fingerprint density at radius 3 is 2.27 bits per heavy atom. The van der Waals surface area contributed by atoms with Gasteiger partial charge in [-0.15, -0.1) is 0 Å². The van der Waals surface area contributed by atoms with Crippen molar-refractivity contribution in [3.05, 3.63) is 42.5 Å². The van der Waals surface area contributed by atoms with Gasteiger partial charge in [-0.3, -0.25) is 0 Å². The van der Waals surface area contributed by atoms with Crippen molar-refractivity contribution in [2.24, 2.45) is 0 Å². The maximum Gasteiger partial charge on any atom is 0.367 e. The molecule has 3 aromatic rings. The van der Waals surface area contributed by atoms with Gasteiger partial charge in [0.1, 0.15) is 15.9 Å². The maximum absolute atomic E-state index is 11.3. The van der Waals surface area contributed by atoms with Crippen LogP contribution in [0.25, 0.3) is 21.5 Å². The Labute approximate surface area is 127 Å². The highest BCUT2D eigenvalue weighted by Gasteiger charge is 2.21. The second-order valence-corrected chi connectivity index (χ2v) is 6.09. The molecule has 22 heavy (non-hydrogen) atoms. The summed E-state index contributed by atoms with van der Waals surface area (Å²) in [5.41, 5.74) is 0. The minimum absolute atomic E-state index is 0.316. The molecule has 0 amide bonds. The predicted octanol–water partition coefficient (Wildman–Crippen LogP) is 2.98. The van der Waals surface area contributed by atoms with E-state index in [1.165, 1.54) is 25.3 Å². The average molecular weight is 316 g/mol. The van der Waals surface area contributed by atoms with Gasteiger partial charge in [0, 0.05) is 10.8 Å². The molecule has 0 aliphatic heterocycles. The number of benzene rings is 3. The summed E-state index contributed by atoms with van der Waals surface area (Å²) in [5, 5.41) is 2.64. The zero-order chi connectivity index (χ0) is 15.9. The molecule has 112 valence electrons. The van der Waals surface area contributed by atoms with E-state index >= 15 is 0 Å². The van der Waals surface area contributed by atoms with Crippen molar-refractivity contribution in [2.75, 3.05) is 7.11 Å². The normalized spacial score (nSPS) is 11.7. The molecule has 6 heteroatoms. The van der Waals surface area contributed by atoms with Crippen LogP contribution >= 0.6 is 0 Å². The minimum atomic E-state index is -4.55. The van der Waals surface area contributed by atoms with Gasteiger partial charge in [0.2, 0.25) is 0 Å². The lowest BCUT2D eigenvalue weighted by Crippen LogP contribution is -1.99. The van der Waals surface area contributed by atoms with Crippen LogP contribution in [0.3, 0.4) is 0 Å². The van der Waals surface area contributed by atoms with Gasteiger partial charge in [0.25, 0.3) is 6.79 Å². The van der Waals surface area contributed by atoms with Crippen molar-refractivity contribution in [3.8, 4) is 11.5 Å². The van der Waals surface area contributed by atoms with Crippen LogP contribution in [0.4, 0.5) is 0 Å². The predicted molar refractivity (Wildman–Crippen MR) is 82.5 cm³/mol. The Morgan fingerprint density at radius 2 is 1.68 bits per heavy atom. The van der Waals surface area contributed by atoms with E-state index < -0.39 is 10.1 Å². The van der Waals surface area contributed by atoms with E-state index in [0.29, 0.717) is 22.3 Å². The zero-order valence-electron chi connectivity index (χ0n) is 11.7. The van der Waals surface area contributed by atoms with E-state index in [4.69, 9.17) is 9.16 Å². The molecule has 0 spiro atoms. The lowest BCUT2D eigenvalue weighted by molar-refractivity contribution is -0.350. The molecule has 0 aliphatic carbocycles. The molecule has 0 saturated carbocycles. The largest absolute Gasteiger partial charge is 0.744 e. The molecule has 0 atom stereocenters. The van der Waals surface area contributed by atoms with Gasteiger partial charge in [-0.05, 0) is 24.3 Å². The number of ether oxygens (including phenoxy) is 1. The molecular formula is C16H12O5S. The van der Waals surface area contributed by atoms with Crippen molar-refractivity contribution < 1.29 is 22.1 Å². The first-order valence-corrected chi connectivity index (χ1v) is 7.78. The number of carbonyl (C=O) groups excluding carboxylic acids is 1. The van der Waals surface area contributed by atoms with Crippen LogP contribution in [0.2, 0.25) is 0 Å². The van der Waals surface area contributed by atoms with Crippen LogP contribution in [0, 0.1) is 0 Å². The van der Waals surface area contributed by atoms with Gasteiger partial charge in [-0.2, -0.15) is 0 Å². The quantitative estimate of drug-likeness (QED) is 0.423. The summed E-state index contributed by atoms with van der Waals surface area (Å²) in [6.45, 7) is 3.46. The topological polar surface area (TPSA) is 77.7 Å². The Morgan fingerprint density at radius 1 is 1.05 bits per heavy atom. The second kappa shape index (κ2) is 5.08. The number of hydrogen-bond donors (Lipinski definition) is 0. The molecule has 0 saturated heterocycles. The first-order chi connectivity index (χ1) is 10.5. The third kappa shape index (κ3) is 2.13. The monoisotopic (exact) mass is 316 g/mol. The smallest absolute Gasteiger partial charge is 0.367 e. The van der Waals surface area contributed by atoms with Crippen molar-refractivity contribution in [1.82, 2.24) is 0 Å². The first kappa shape index (κ1) is 14.5. The molecule has 3 rings (SSSR count). The lowest BCUT2D eigenvalue weighted by atomic mass is 10.0. The number of methoxy groups -OCH3 is 1. The fraction of sp³-hybridized carbons (Fsp3) is 0.0625. The Kier molecular flexibility index (Phi) is 3.35. The molecule has 0 unspecified atom stereocenters. The average Bonchev–Trinajstić information content (AvgIpc) is 2.51. The Balaban J connectivity index is 2.58. The Bertz CT molecular complexity index is 1010. The third-order valence-electron chi connectivity index (χ3n) is 3.53. The second-order valence-electron chi connectivity index (χ2n) is 4.71. The molecule has 5 nitrogen and oxygen atoms in total. The van der Waals surface area contributed by atoms with Crippen LogP contribution in [0.5, 0.6) is 11.5 Å². The summed E-state index contributed by atoms with van der Waals surface area (Å²) < 4.78 is 44.4. The Hall–Kier alpha value is -2.44. The first-order valence-electron chi connectivity index (χ1n) is 6.37. The highest BCUT2D eigenvalue weighted by molar-refractivity contribution is 7.85. The summed E-state index contributed by atoms with van der Waals surface area (Å²) in [5.74, 6) is 0.984. The van der Waals surface area contributed by atoms with E-state index in [9.17, 15) is 13.0 Å². The molecular weight excluding hydrogens is 304 g/mol. The zero-order valence-corrected chi connectivity index (χ0v) is 12.5. The van der Waals surface area contributed by atoms with Gasteiger partial charge < -0.3 is 9.29 Å². The summed E-state index contributed by atoms with van der Waals surface area (Å²) in [4.78, 5) is -0.316. The number of rotatable bonds is 3. The fourth-order valence-electron chi connectivity index (χ4n) is 2.61. The van der Waals surface area contributed by atoms with Crippen LogP contribution in [-0.4, -0.2) is 26.9 Å². The van der Waals surface area contributed by atoms with E-state index in [-0.39, 0.29) is 4.90 Å². The molecule has 0 aliphatic rings. The van der Waals surface area contributed by atoms with Crippen molar-refractivity contribution in [2.45, 2.75) is 4.90 Å². The third-order valence-corrected chi connectivity index (χ3v) is 4.37.